The van der Waals surface area contributed by atoms with Gasteiger partial charge in [0.1, 0.15) is 11.7 Å². The van der Waals surface area contributed by atoms with Crippen molar-refractivity contribution >= 4 is 23.1 Å². The summed E-state index contributed by atoms with van der Waals surface area (Å²) in [6.07, 6.45) is 3.22. The van der Waals surface area contributed by atoms with E-state index < -0.39 is 5.82 Å². The van der Waals surface area contributed by atoms with Crippen molar-refractivity contribution in [2.24, 2.45) is 10.7 Å². The molecule has 0 amide bonds. The van der Waals surface area contributed by atoms with Crippen LogP contribution in [0.2, 0.25) is 0 Å². The van der Waals surface area contributed by atoms with Crippen LogP contribution in [0.1, 0.15) is 0 Å². The molecule has 0 radical (unpaired) electrons. The molecule has 0 atom stereocenters. The van der Waals surface area contributed by atoms with Crippen molar-refractivity contribution in [1.29, 1.82) is 0 Å². The van der Waals surface area contributed by atoms with Crippen molar-refractivity contribution in [3.05, 3.63) is 48.5 Å². The standard InChI is InChI=1S/C15H11ClFN5O/c16-8-13(18)20-12-2-1-10(17)7-11(12)15-22-21-14(23-15)9-3-5-19-6-4-9/h1-7H,8H2,(H2,18,20). The highest BCUT2D eigenvalue weighted by Crippen LogP contribution is 2.32. The third kappa shape index (κ3) is 3.35. The number of nitrogens with zero attached hydrogens (tertiary/aromatic N) is 4. The van der Waals surface area contributed by atoms with Crippen LogP contribution < -0.4 is 5.73 Å². The van der Waals surface area contributed by atoms with Crippen LogP contribution in [-0.2, 0) is 0 Å². The number of aliphatic imine (C=N–C) groups is 1. The average molecular weight is 332 g/mol. The SMILES string of the molecule is NC(CCl)=Nc1ccc(F)cc1-c1nnc(-c2ccncc2)o1. The van der Waals surface area contributed by atoms with E-state index in [2.05, 4.69) is 20.2 Å². The van der Waals surface area contributed by atoms with Gasteiger partial charge in [-0.3, -0.25) is 4.98 Å². The summed E-state index contributed by atoms with van der Waals surface area (Å²) < 4.78 is 19.2. The molecule has 6 nitrogen and oxygen atoms in total. The maximum Gasteiger partial charge on any atom is 0.250 e. The van der Waals surface area contributed by atoms with Crippen LogP contribution in [0.5, 0.6) is 0 Å². The highest BCUT2D eigenvalue weighted by molar-refractivity contribution is 6.28. The van der Waals surface area contributed by atoms with Gasteiger partial charge < -0.3 is 10.2 Å². The second-order valence-electron chi connectivity index (χ2n) is 4.55. The van der Waals surface area contributed by atoms with Crippen molar-refractivity contribution in [3.63, 3.8) is 0 Å². The molecule has 0 spiro atoms. The molecular formula is C15H11ClFN5O. The molecule has 2 N–H and O–H groups in total. The zero-order valence-corrected chi connectivity index (χ0v) is 12.5. The number of alkyl halides is 1. The van der Waals surface area contributed by atoms with Gasteiger partial charge in [0, 0.05) is 18.0 Å². The molecule has 0 saturated carbocycles. The van der Waals surface area contributed by atoms with Gasteiger partial charge in [0.2, 0.25) is 11.8 Å². The van der Waals surface area contributed by atoms with Gasteiger partial charge in [-0.15, -0.1) is 21.8 Å². The molecule has 3 aromatic rings. The smallest absolute Gasteiger partial charge is 0.250 e. The predicted octanol–water partition coefficient (Wildman–Crippen LogP) is 3.17. The number of halogens is 2. The molecule has 3 rings (SSSR count). The first kappa shape index (κ1) is 15.1. The zero-order valence-electron chi connectivity index (χ0n) is 11.8. The molecule has 2 heterocycles. The molecule has 1 aromatic carbocycles. The summed E-state index contributed by atoms with van der Waals surface area (Å²) in [5.41, 5.74) is 7.08. The largest absolute Gasteiger partial charge is 0.416 e. The molecule has 0 aliphatic rings. The van der Waals surface area contributed by atoms with Gasteiger partial charge >= 0.3 is 0 Å². The van der Waals surface area contributed by atoms with Crippen LogP contribution in [0, 0.1) is 5.82 Å². The van der Waals surface area contributed by atoms with Crippen molar-refractivity contribution < 1.29 is 8.81 Å². The maximum absolute atomic E-state index is 13.6. The van der Waals surface area contributed by atoms with E-state index in [1.54, 1.807) is 24.5 Å². The number of nitrogens with two attached hydrogens (primary N) is 1. The number of pyridine rings is 1. The Bertz CT molecular complexity index is 850. The van der Waals surface area contributed by atoms with E-state index in [-0.39, 0.29) is 17.6 Å². The van der Waals surface area contributed by atoms with Crippen molar-refractivity contribution in [2.45, 2.75) is 0 Å². The Kier molecular flexibility index (Phi) is 4.29. The number of amidine groups is 1. The Balaban J connectivity index is 2.05. The Morgan fingerprint density at radius 1 is 1.17 bits per heavy atom. The molecule has 0 fully saturated rings. The third-order valence-corrected chi connectivity index (χ3v) is 3.22. The Hall–Kier alpha value is -2.80. The topological polar surface area (TPSA) is 90.2 Å². The molecule has 116 valence electrons. The minimum Gasteiger partial charge on any atom is -0.416 e. The molecule has 0 aliphatic heterocycles. The molecule has 8 heteroatoms. The molecule has 0 unspecified atom stereocenters. The van der Waals surface area contributed by atoms with E-state index in [1.165, 1.54) is 18.2 Å². The van der Waals surface area contributed by atoms with Gasteiger partial charge in [-0.05, 0) is 30.3 Å². The number of rotatable bonds is 4. The van der Waals surface area contributed by atoms with E-state index in [4.69, 9.17) is 21.8 Å². The summed E-state index contributed by atoms with van der Waals surface area (Å²) in [5, 5.41) is 7.91. The van der Waals surface area contributed by atoms with Gasteiger partial charge in [-0.25, -0.2) is 9.38 Å². The van der Waals surface area contributed by atoms with Gasteiger partial charge in [0.25, 0.3) is 0 Å². The van der Waals surface area contributed by atoms with Gasteiger partial charge in [0.15, 0.2) is 0 Å². The quantitative estimate of drug-likeness (QED) is 0.450. The molecular weight excluding hydrogens is 321 g/mol. The first-order valence-electron chi connectivity index (χ1n) is 6.60. The van der Waals surface area contributed by atoms with E-state index in [0.29, 0.717) is 22.7 Å². The Labute approximate surface area is 135 Å². The normalized spacial score (nSPS) is 11.7. The third-order valence-electron chi connectivity index (χ3n) is 2.94. The summed E-state index contributed by atoms with van der Waals surface area (Å²) in [6, 6.07) is 7.45. The van der Waals surface area contributed by atoms with Crippen LogP contribution in [0.15, 0.2) is 52.1 Å². The number of hydrogen-bond acceptors (Lipinski definition) is 5. The fourth-order valence-electron chi connectivity index (χ4n) is 1.90. The minimum absolute atomic E-state index is 0.0584. The summed E-state index contributed by atoms with van der Waals surface area (Å²) in [7, 11) is 0. The summed E-state index contributed by atoms with van der Waals surface area (Å²) in [6.45, 7) is 0. The zero-order chi connectivity index (χ0) is 16.2. The van der Waals surface area contributed by atoms with Crippen molar-refractivity contribution in [1.82, 2.24) is 15.2 Å². The first-order chi connectivity index (χ1) is 11.2. The fraction of sp³-hybridized carbons (Fsp3) is 0.0667. The monoisotopic (exact) mass is 331 g/mol. The van der Waals surface area contributed by atoms with Gasteiger partial charge in [0.05, 0.1) is 17.1 Å². The summed E-state index contributed by atoms with van der Waals surface area (Å²) >= 11 is 5.63. The average Bonchev–Trinajstić information content (AvgIpc) is 3.07. The van der Waals surface area contributed by atoms with E-state index in [1.807, 2.05) is 0 Å². The van der Waals surface area contributed by atoms with Crippen LogP contribution in [0.25, 0.3) is 22.9 Å². The Morgan fingerprint density at radius 3 is 2.65 bits per heavy atom. The molecule has 23 heavy (non-hydrogen) atoms. The lowest BCUT2D eigenvalue weighted by Gasteiger charge is -2.03. The van der Waals surface area contributed by atoms with Crippen LogP contribution in [0.4, 0.5) is 10.1 Å². The van der Waals surface area contributed by atoms with E-state index >= 15 is 0 Å². The Morgan fingerprint density at radius 2 is 1.91 bits per heavy atom. The van der Waals surface area contributed by atoms with Crippen LogP contribution in [-0.4, -0.2) is 26.9 Å². The van der Waals surface area contributed by atoms with Crippen LogP contribution in [0.3, 0.4) is 0 Å². The fourth-order valence-corrected chi connectivity index (χ4v) is 1.96. The second-order valence-corrected chi connectivity index (χ2v) is 4.81. The van der Waals surface area contributed by atoms with E-state index in [0.717, 1.165) is 0 Å². The summed E-state index contributed by atoms with van der Waals surface area (Å²) in [5.74, 6) is 0.243. The van der Waals surface area contributed by atoms with Gasteiger partial charge in [-0.2, -0.15) is 0 Å². The lowest BCUT2D eigenvalue weighted by Crippen LogP contribution is -2.12. The molecule has 2 aromatic heterocycles. The van der Waals surface area contributed by atoms with Crippen LogP contribution >= 0.6 is 11.6 Å². The predicted molar refractivity (Wildman–Crippen MR) is 84.9 cm³/mol. The van der Waals surface area contributed by atoms with Crippen molar-refractivity contribution in [2.75, 3.05) is 5.88 Å². The molecule has 0 bridgehead atoms. The maximum atomic E-state index is 13.6. The number of hydrogen-bond donors (Lipinski definition) is 1. The van der Waals surface area contributed by atoms with E-state index in [9.17, 15) is 4.39 Å². The molecule has 0 saturated heterocycles. The van der Waals surface area contributed by atoms with Gasteiger partial charge in [-0.1, -0.05) is 0 Å². The lowest BCUT2D eigenvalue weighted by molar-refractivity contribution is 0.582. The first-order valence-corrected chi connectivity index (χ1v) is 7.13. The highest BCUT2D eigenvalue weighted by Gasteiger charge is 2.15. The minimum atomic E-state index is -0.452. The molecule has 0 aliphatic carbocycles. The second kappa shape index (κ2) is 6.53. The summed E-state index contributed by atoms with van der Waals surface area (Å²) in [4.78, 5) is 8.06. The number of benzene rings is 1. The van der Waals surface area contributed by atoms with Crippen molar-refractivity contribution in [3.8, 4) is 22.9 Å². The highest BCUT2D eigenvalue weighted by atomic mass is 35.5. The number of aromatic nitrogens is 3. The lowest BCUT2D eigenvalue weighted by atomic mass is 10.1.